The van der Waals surface area contributed by atoms with Crippen molar-refractivity contribution in [2.24, 2.45) is 0 Å². The van der Waals surface area contributed by atoms with Crippen molar-refractivity contribution in [1.29, 1.82) is 0 Å². The monoisotopic (exact) mass is 376 g/mol. The molecule has 3 heterocycles. The summed E-state index contributed by atoms with van der Waals surface area (Å²) in [6.07, 6.45) is 3.84. The van der Waals surface area contributed by atoms with E-state index in [0.29, 0.717) is 11.5 Å². The quantitative estimate of drug-likeness (QED) is 0.740. The molecule has 1 fully saturated rings. The molecule has 0 spiro atoms. The van der Waals surface area contributed by atoms with Crippen LogP contribution in [-0.4, -0.2) is 40.1 Å². The first-order valence-corrected chi connectivity index (χ1v) is 9.59. The van der Waals surface area contributed by atoms with Crippen LogP contribution in [0.3, 0.4) is 0 Å². The second-order valence-corrected chi connectivity index (χ2v) is 7.16. The Bertz CT molecular complexity index is 970. The average molecular weight is 376 g/mol. The third kappa shape index (κ3) is 4.28. The van der Waals surface area contributed by atoms with Crippen molar-refractivity contribution < 1.29 is 4.74 Å². The highest BCUT2D eigenvalue weighted by Gasteiger charge is 2.23. The lowest BCUT2D eigenvalue weighted by atomic mass is 9.94. The van der Waals surface area contributed by atoms with Crippen molar-refractivity contribution in [3.8, 4) is 17.3 Å². The molecule has 3 aromatic rings. The number of likely N-dealkylation sites (tertiary alicyclic amines) is 1. The van der Waals surface area contributed by atoms with Crippen LogP contribution in [0.15, 0.2) is 59.5 Å². The van der Waals surface area contributed by atoms with Gasteiger partial charge in [0, 0.05) is 31.3 Å². The van der Waals surface area contributed by atoms with Gasteiger partial charge >= 0.3 is 0 Å². The fourth-order valence-electron chi connectivity index (χ4n) is 3.74. The molecule has 6 heteroatoms. The van der Waals surface area contributed by atoms with Crippen LogP contribution in [-0.2, 0) is 6.54 Å². The molecule has 0 amide bonds. The largest absolute Gasteiger partial charge is 0.497 e. The highest BCUT2D eigenvalue weighted by molar-refractivity contribution is 5.48. The average Bonchev–Trinajstić information content (AvgIpc) is 2.75. The van der Waals surface area contributed by atoms with Gasteiger partial charge in [0.1, 0.15) is 11.4 Å². The predicted octanol–water partition coefficient (Wildman–Crippen LogP) is 3.22. The predicted molar refractivity (Wildman–Crippen MR) is 108 cm³/mol. The Kier molecular flexibility index (Phi) is 5.48. The van der Waals surface area contributed by atoms with Crippen LogP contribution in [0.5, 0.6) is 5.75 Å². The number of aromatic amines is 1. The van der Waals surface area contributed by atoms with Gasteiger partial charge in [-0.1, -0.05) is 18.2 Å². The number of hydrogen-bond acceptors (Lipinski definition) is 5. The third-order valence-corrected chi connectivity index (χ3v) is 5.16. The lowest BCUT2D eigenvalue weighted by Crippen LogP contribution is -2.34. The van der Waals surface area contributed by atoms with E-state index < -0.39 is 0 Å². The summed E-state index contributed by atoms with van der Waals surface area (Å²) in [4.78, 5) is 26.5. The summed E-state index contributed by atoms with van der Waals surface area (Å²) in [5.41, 5.74) is 2.67. The molecule has 1 aromatic carbocycles. The summed E-state index contributed by atoms with van der Waals surface area (Å²) in [7, 11) is 1.68. The Labute approximate surface area is 164 Å². The molecular formula is C22H24N4O2. The van der Waals surface area contributed by atoms with E-state index in [1.54, 1.807) is 19.4 Å². The van der Waals surface area contributed by atoms with Crippen molar-refractivity contribution in [2.45, 2.75) is 25.3 Å². The second-order valence-electron chi connectivity index (χ2n) is 7.16. The zero-order valence-electron chi connectivity index (χ0n) is 16.0. The van der Waals surface area contributed by atoms with E-state index in [-0.39, 0.29) is 11.5 Å². The minimum absolute atomic E-state index is 0.127. The number of piperidine rings is 1. The molecule has 6 nitrogen and oxygen atoms in total. The number of nitrogens with one attached hydrogen (secondary N) is 1. The molecule has 1 N–H and O–H groups in total. The lowest BCUT2D eigenvalue weighted by Gasteiger charge is -2.32. The Morgan fingerprint density at radius 2 is 2.07 bits per heavy atom. The van der Waals surface area contributed by atoms with Gasteiger partial charge in [0.2, 0.25) is 0 Å². The maximum atomic E-state index is 12.2. The van der Waals surface area contributed by atoms with E-state index in [4.69, 9.17) is 9.72 Å². The molecule has 4 rings (SSSR count). The first kappa shape index (κ1) is 18.4. The lowest BCUT2D eigenvalue weighted by molar-refractivity contribution is 0.198. The fourth-order valence-corrected chi connectivity index (χ4v) is 3.74. The Morgan fingerprint density at radius 3 is 2.82 bits per heavy atom. The molecule has 1 aliphatic rings. The smallest absolute Gasteiger partial charge is 0.251 e. The number of pyridine rings is 1. The number of methoxy groups -OCH3 is 1. The van der Waals surface area contributed by atoms with E-state index in [0.717, 1.165) is 43.9 Å². The van der Waals surface area contributed by atoms with Crippen LogP contribution >= 0.6 is 0 Å². The van der Waals surface area contributed by atoms with Crippen molar-refractivity contribution in [1.82, 2.24) is 19.9 Å². The van der Waals surface area contributed by atoms with Crippen LogP contribution in [0.1, 0.15) is 30.0 Å². The van der Waals surface area contributed by atoms with Gasteiger partial charge in [-0.25, -0.2) is 4.98 Å². The number of ether oxygens (including phenoxy) is 1. The number of H-pyrrole nitrogens is 1. The van der Waals surface area contributed by atoms with Crippen LogP contribution in [0.25, 0.3) is 11.5 Å². The van der Waals surface area contributed by atoms with Crippen molar-refractivity contribution in [3.05, 3.63) is 76.3 Å². The summed E-state index contributed by atoms with van der Waals surface area (Å²) >= 11 is 0. The molecule has 28 heavy (non-hydrogen) atoms. The van der Waals surface area contributed by atoms with Crippen molar-refractivity contribution in [3.63, 3.8) is 0 Å². The first-order chi connectivity index (χ1) is 13.7. The molecule has 0 bridgehead atoms. The molecule has 0 unspecified atom stereocenters. The topological polar surface area (TPSA) is 71.1 Å². The summed E-state index contributed by atoms with van der Waals surface area (Å²) in [6.45, 7) is 2.83. The van der Waals surface area contributed by atoms with Gasteiger partial charge in [-0.15, -0.1) is 0 Å². The SMILES string of the molecule is COc1ccc(CN2CCC[C@@H](c3cc(=O)[nH]c(-c4ccccn4)n3)C2)cc1. The van der Waals surface area contributed by atoms with Gasteiger partial charge in [0.15, 0.2) is 5.82 Å². The molecule has 0 radical (unpaired) electrons. The third-order valence-electron chi connectivity index (χ3n) is 5.16. The van der Waals surface area contributed by atoms with E-state index in [9.17, 15) is 4.79 Å². The van der Waals surface area contributed by atoms with Crippen LogP contribution < -0.4 is 10.3 Å². The van der Waals surface area contributed by atoms with Crippen molar-refractivity contribution in [2.75, 3.05) is 20.2 Å². The highest BCUT2D eigenvalue weighted by Crippen LogP contribution is 2.27. The minimum atomic E-state index is -0.127. The van der Waals surface area contributed by atoms with E-state index in [1.807, 2.05) is 30.3 Å². The van der Waals surface area contributed by atoms with Gasteiger partial charge in [0.05, 0.1) is 12.8 Å². The van der Waals surface area contributed by atoms with Crippen LogP contribution in [0.2, 0.25) is 0 Å². The Balaban J connectivity index is 1.51. The molecule has 0 saturated carbocycles. The van der Waals surface area contributed by atoms with Crippen molar-refractivity contribution >= 4 is 0 Å². The zero-order chi connectivity index (χ0) is 19.3. The number of hydrogen-bond donors (Lipinski definition) is 1. The fraction of sp³-hybridized carbons (Fsp3) is 0.318. The first-order valence-electron chi connectivity index (χ1n) is 9.59. The Hall–Kier alpha value is -2.99. The normalized spacial score (nSPS) is 17.4. The second kappa shape index (κ2) is 8.35. The molecule has 1 aliphatic heterocycles. The summed E-state index contributed by atoms with van der Waals surface area (Å²) in [5, 5.41) is 0. The molecule has 0 aliphatic carbocycles. The van der Waals surface area contributed by atoms with E-state index in [1.165, 1.54) is 5.56 Å². The molecule has 1 atom stereocenters. The zero-order valence-corrected chi connectivity index (χ0v) is 16.0. The van der Waals surface area contributed by atoms with Gasteiger partial charge in [0.25, 0.3) is 5.56 Å². The van der Waals surface area contributed by atoms with Crippen LogP contribution in [0, 0.1) is 0 Å². The minimum Gasteiger partial charge on any atom is -0.497 e. The van der Waals surface area contributed by atoms with E-state index in [2.05, 4.69) is 27.0 Å². The molecule has 144 valence electrons. The van der Waals surface area contributed by atoms with Gasteiger partial charge in [-0.05, 0) is 49.2 Å². The van der Waals surface area contributed by atoms with Gasteiger partial charge < -0.3 is 9.72 Å². The summed E-state index contributed by atoms with van der Waals surface area (Å²) in [5.74, 6) is 1.65. The maximum absolute atomic E-state index is 12.2. The highest BCUT2D eigenvalue weighted by atomic mass is 16.5. The number of benzene rings is 1. The molecule has 2 aromatic heterocycles. The summed E-state index contributed by atoms with van der Waals surface area (Å²) in [6, 6.07) is 15.4. The summed E-state index contributed by atoms with van der Waals surface area (Å²) < 4.78 is 5.23. The van der Waals surface area contributed by atoms with Gasteiger partial charge in [-0.3, -0.25) is 14.7 Å². The number of nitrogens with zero attached hydrogens (tertiary/aromatic N) is 3. The van der Waals surface area contributed by atoms with Crippen LogP contribution in [0.4, 0.5) is 0 Å². The number of rotatable bonds is 5. The standard InChI is InChI=1S/C22H24N4O2/c1-28-18-9-7-16(8-10-18)14-26-12-4-5-17(15-26)20-13-21(27)25-22(24-20)19-6-2-3-11-23-19/h2-3,6-11,13,17H,4-5,12,14-15H2,1H3,(H,24,25,27)/t17-/m1/s1. The Morgan fingerprint density at radius 1 is 1.21 bits per heavy atom. The molecular weight excluding hydrogens is 352 g/mol. The molecule has 1 saturated heterocycles. The maximum Gasteiger partial charge on any atom is 0.251 e. The van der Waals surface area contributed by atoms with E-state index >= 15 is 0 Å². The van der Waals surface area contributed by atoms with Gasteiger partial charge in [-0.2, -0.15) is 0 Å². The number of aromatic nitrogens is 3.